The van der Waals surface area contributed by atoms with Crippen LogP contribution in [0.2, 0.25) is 0 Å². The molecule has 0 fully saturated rings. The van der Waals surface area contributed by atoms with E-state index in [1.807, 2.05) is 0 Å². The summed E-state index contributed by atoms with van der Waals surface area (Å²) in [7, 11) is 0.750. The summed E-state index contributed by atoms with van der Waals surface area (Å²) < 4.78 is 0. The van der Waals surface area contributed by atoms with Gasteiger partial charge in [0.2, 0.25) is 0 Å². The van der Waals surface area contributed by atoms with Gasteiger partial charge in [0.15, 0.2) is 0 Å². The van der Waals surface area contributed by atoms with Crippen LogP contribution >= 0.6 is 0 Å². The zero-order chi connectivity index (χ0) is 2.00. The molecule has 0 aliphatic carbocycles. The van der Waals surface area contributed by atoms with E-state index < -0.39 is 0 Å². The Bertz CT molecular complexity index is 11.6. The van der Waals surface area contributed by atoms with Crippen molar-refractivity contribution in [3.63, 3.8) is 0 Å². The van der Waals surface area contributed by atoms with Crippen LogP contribution in [0.25, 0.3) is 6.15 Å². The van der Waals surface area contributed by atoms with Gasteiger partial charge < -0.3 is 11.3 Å². The van der Waals surface area contributed by atoms with Crippen LogP contribution in [0.1, 0.15) is 0 Å². The third kappa shape index (κ3) is 22.9. The second-order valence-corrected chi connectivity index (χ2v) is 0. The molecule has 0 atom stereocenters. The zero-order valence-corrected chi connectivity index (χ0v) is 7.11. The molecule has 0 aromatic heterocycles. The Hall–Kier alpha value is 2.15. The van der Waals surface area contributed by atoms with E-state index in [4.69, 9.17) is 5.11 Å². The van der Waals surface area contributed by atoms with Crippen molar-refractivity contribution < 1.29 is 75.4 Å². The average molecular weight is 93.1 g/mol. The summed E-state index contributed by atoms with van der Waals surface area (Å²) in [5, 5.41) is 8.25. The minimum Gasteiger partial charge on any atom is -0.857 e. The summed E-state index contributed by atoms with van der Waals surface area (Å²) in [6.45, 7) is 0. The van der Waals surface area contributed by atoms with Crippen LogP contribution in [0, 0.1) is 0 Å². The van der Waals surface area contributed by atoms with Crippen LogP contribution in [-0.2, 0) is 0 Å². The van der Waals surface area contributed by atoms with Gasteiger partial charge in [-0.3, -0.25) is 0 Å². The third-order valence-electron chi connectivity index (χ3n) is 0. The molecule has 22 valence electrons. The van der Waals surface area contributed by atoms with Gasteiger partial charge in [0, 0.05) is 0 Å². The van der Waals surface area contributed by atoms with E-state index in [-0.39, 0.29) is 76.4 Å². The monoisotopic (exact) mass is 93.0 g/mol. The van der Waals surface area contributed by atoms with Crippen molar-refractivity contribution >= 4 is 0 Å². The molecule has 0 aliphatic heterocycles. The van der Waals surface area contributed by atoms with Gasteiger partial charge in [-0.05, 0) is 0 Å². The smallest absolute Gasteiger partial charge is 0.857 e. The number of rotatable bonds is 0. The maximum Gasteiger partial charge on any atom is 1.00 e. The van der Waals surface area contributed by atoms with Gasteiger partial charge in [-0.15, -0.1) is 0 Å². The summed E-state index contributed by atoms with van der Waals surface area (Å²) >= 11 is 0. The van der Waals surface area contributed by atoms with Gasteiger partial charge in [-0.1, -0.05) is 0 Å². The van der Waals surface area contributed by atoms with Crippen molar-refractivity contribution in [2.24, 2.45) is 0 Å². The first-order chi connectivity index (χ1) is 1.00. The molecule has 0 unspecified atom stereocenters. The predicted molar refractivity (Wildman–Crippen MR) is 11.2 cm³/mol. The van der Waals surface area contributed by atoms with E-state index in [9.17, 15) is 0 Å². The van der Waals surface area contributed by atoms with Crippen LogP contribution in [0.3, 0.4) is 0 Å². The Kier molecular flexibility index (Phi) is 192. The Labute approximate surface area is 86.9 Å². The molecule has 0 bridgehead atoms. The molecule has 0 saturated heterocycles. The molecule has 2 N–H and O–H groups in total. The van der Waals surface area contributed by atoms with E-state index in [2.05, 4.69) is 0 Å². The molecule has 0 radical (unpaired) electrons. The molecule has 0 saturated carbocycles. The molecule has 5 heavy (non-hydrogen) atoms. The average Bonchev–Trinajstić information content (AvgIpc) is 1.00. The molecular formula is CH5KLiNO. The summed E-state index contributed by atoms with van der Waals surface area (Å²) in [5.41, 5.74) is 0. The van der Waals surface area contributed by atoms with Crippen molar-refractivity contribution in [1.82, 2.24) is 0 Å². The molecule has 0 heterocycles. The van der Waals surface area contributed by atoms with Crippen molar-refractivity contribution in [2.75, 3.05) is 7.11 Å². The molecule has 0 rings (SSSR count). The molecule has 0 spiro atoms. The van der Waals surface area contributed by atoms with Crippen LogP contribution in [0.4, 0.5) is 0 Å². The molecular weight excluding hydrogens is 88.1 g/mol. The maximum atomic E-state index is 8.25. The molecule has 0 aromatic carbocycles. The van der Waals surface area contributed by atoms with Gasteiger partial charge in [0.25, 0.3) is 0 Å². The van der Waals surface area contributed by atoms with E-state index in [1.165, 1.54) is 0 Å². The van der Waals surface area contributed by atoms with Gasteiger partial charge in [0.05, 0.1) is 0 Å². The van der Waals surface area contributed by atoms with E-state index >= 15 is 0 Å². The fourth-order valence-corrected chi connectivity index (χ4v) is 0. The normalized spacial score (nSPS) is 1.20. The number of hydrogen-bond donors (Lipinski definition) is 0. The minimum absolute atomic E-state index is 0. The fraction of sp³-hybridized carbons (Fsp3) is 1.00. The van der Waals surface area contributed by atoms with Crippen molar-refractivity contribution in [1.29, 1.82) is 0 Å². The maximum absolute atomic E-state index is 8.25. The van der Waals surface area contributed by atoms with Crippen molar-refractivity contribution in [2.45, 2.75) is 0 Å². The van der Waals surface area contributed by atoms with Crippen molar-refractivity contribution in [3.05, 3.63) is 6.15 Å². The molecule has 4 heteroatoms. The second kappa shape index (κ2) is 35.2. The summed E-state index contributed by atoms with van der Waals surface area (Å²) in [5.74, 6) is 0. The first-order valence-electron chi connectivity index (χ1n) is 0.408. The molecule has 0 aliphatic rings. The third-order valence-corrected chi connectivity index (χ3v) is 0. The molecule has 0 amide bonds. The van der Waals surface area contributed by atoms with E-state index in [0.29, 0.717) is 0 Å². The van der Waals surface area contributed by atoms with Crippen LogP contribution in [0.5, 0.6) is 0 Å². The van der Waals surface area contributed by atoms with E-state index in [1.54, 1.807) is 0 Å². The summed E-state index contributed by atoms with van der Waals surface area (Å²) in [4.78, 5) is 0. The summed E-state index contributed by atoms with van der Waals surface area (Å²) in [6, 6.07) is 0. The number of nitrogens with two attached hydrogens (primary N) is 1. The first kappa shape index (κ1) is 27.2. The Morgan fingerprint density at radius 2 is 1.20 bits per heavy atom. The van der Waals surface area contributed by atoms with Gasteiger partial charge in [0.1, 0.15) is 0 Å². The van der Waals surface area contributed by atoms with E-state index in [0.717, 1.165) is 7.11 Å². The van der Waals surface area contributed by atoms with Crippen molar-refractivity contribution in [3.8, 4) is 0 Å². The molecule has 0 aromatic rings. The Balaban J connectivity index is -0.00000000167. The fourth-order valence-electron chi connectivity index (χ4n) is 0. The SMILES string of the molecule is C[O-].[K+].[Li+].[NH2-]. The largest absolute Gasteiger partial charge is 1.00 e. The quantitative estimate of drug-likeness (QED) is 0.275. The van der Waals surface area contributed by atoms with Gasteiger partial charge in [-0.25, -0.2) is 0 Å². The Morgan fingerprint density at radius 3 is 1.20 bits per heavy atom. The van der Waals surface area contributed by atoms with Crippen LogP contribution in [0.15, 0.2) is 0 Å². The predicted octanol–water partition coefficient (Wildman–Crippen LogP) is -6.30. The van der Waals surface area contributed by atoms with Crippen LogP contribution < -0.4 is 75.4 Å². The topological polar surface area (TPSA) is 56.6 Å². The second-order valence-electron chi connectivity index (χ2n) is 0. The van der Waals surface area contributed by atoms with Crippen LogP contribution in [-0.4, -0.2) is 7.11 Å². The standard InChI is InChI=1S/CH3O.K.Li.H2N/c1-2;;;/h1H3;;;1H2/q-1;2*+1;-1. The molecule has 2 nitrogen and oxygen atoms in total. The number of hydrogen-bond acceptors (Lipinski definition) is 1. The van der Waals surface area contributed by atoms with Gasteiger partial charge >= 0.3 is 70.2 Å². The zero-order valence-electron chi connectivity index (χ0n) is 3.99. The summed E-state index contributed by atoms with van der Waals surface area (Å²) in [6.07, 6.45) is 0. The Morgan fingerprint density at radius 1 is 1.20 bits per heavy atom. The first-order valence-corrected chi connectivity index (χ1v) is 0.408. The minimum atomic E-state index is 0. The van der Waals surface area contributed by atoms with Gasteiger partial charge in [-0.2, -0.15) is 7.11 Å².